The normalized spacial score (nSPS) is 14.4. The minimum absolute atomic E-state index is 0. The maximum Gasteiger partial charge on any atom is -0.0533 e. The first kappa shape index (κ1) is 8.98. The van der Waals surface area contributed by atoms with E-state index in [1.807, 2.05) is 0 Å². The molecule has 0 heterocycles. The molecule has 0 atom stereocenters. The summed E-state index contributed by atoms with van der Waals surface area (Å²) in [7, 11) is 0. The summed E-state index contributed by atoms with van der Waals surface area (Å²) in [5.74, 6) is 0. The average Bonchev–Trinajstić information content (AvgIpc) is 1.46. The lowest BCUT2D eigenvalue weighted by Crippen LogP contribution is -0.856. The van der Waals surface area contributed by atoms with Crippen LogP contribution < -0.4 is 0 Å². The van der Waals surface area contributed by atoms with E-state index in [2.05, 4.69) is 0 Å². The minimum Gasteiger partial charge on any atom is -0.412 e. The van der Waals surface area contributed by atoms with Crippen molar-refractivity contribution in [3.63, 3.8) is 0 Å². The van der Waals surface area contributed by atoms with Crippen LogP contribution in [0.1, 0.15) is 19.3 Å². The van der Waals surface area contributed by atoms with Crippen LogP contribution in [0.15, 0.2) is 0 Å². The Balaban J connectivity index is 0. The van der Waals surface area contributed by atoms with Gasteiger partial charge in [0.1, 0.15) is 0 Å². The van der Waals surface area contributed by atoms with Crippen LogP contribution in [0.2, 0.25) is 0 Å². The number of hydrogen-bond donors (Lipinski definition) is 0. The van der Waals surface area contributed by atoms with Gasteiger partial charge in [-0.2, -0.15) is 0 Å². The van der Waals surface area contributed by atoms with E-state index < -0.39 is 0 Å². The van der Waals surface area contributed by atoms with Crippen LogP contribution in [-0.4, -0.2) is 5.48 Å². The third kappa shape index (κ3) is 13.8. The maximum absolute atomic E-state index is 1.50. The van der Waals surface area contributed by atoms with E-state index in [-0.39, 0.29) is 17.9 Å². The predicted molar refractivity (Wildman–Crippen MR) is 24.7 cm³/mol. The Hall–Kier alpha value is 0.250. The zero-order valence-electron chi connectivity index (χ0n) is 3.03. The van der Waals surface area contributed by atoms with Gasteiger partial charge in [-0.3, -0.25) is 0 Å². The van der Waals surface area contributed by atoms with Gasteiger partial charge in [0, 0.05) is 0 Å². The second kappa shape index (κ2) is 4.25. The van der Waals surface area contributed by atoms with Crippen molar-refractivity contribution in [1.29, 1.82) is 0 Å². The Morgan fingerprint density at radius 1 is 0.800 bits per heavy atom. The number of halogens is 1. The van der Waals surface area contributed by atoms with Gasteiger partial charge in [-0.1, -0.05) is 19.3 Å². The summed E-state index contributed by atoms with van der Waals surface area (Å²) in [6.07, 6.45) is 4.50. The largest absolute Gasteiger partial charge is 0.412 e. The quantitative estimate of drug-likeness (QED) is 0.427. The van der Waals surface area contributed by atoms with Gasteiger partial charge < -0.3 is 5.48 Å². The van der Waals surface area contributed by atoms with Crippen molar-refractivity contribution in [3.05, 3.63) is 0 Å². The molecule has 0 amide bonds. The molecule has 1 aliphatic rings. The molecule has 1 fully saturated rings. The highest BCUT2D eigenvalue weighted by molar-refractivity contribution is 5.85. The van der Waals surface area contributed by atoms with Gasteiger partial charge in [-0.15, -0.1) is 12.4 Å². The van der Waals surface area contributed by atoms with E-state index in [0.29, 0.717) is 0 Å². The highest BCUT2D eigenvalue weighted by Gasteiger charge is 1.95. The Morgan fingerprint density at radius 3 is 1.00 bits per heavy atom. The molecule has 0 aromatic heterocycles. The topological polar surface area (TPSA) is 31.5 Å². The molecule has 2 N–H and O–H groups in total. The lowest BCUT2D eigenvalue weighted by atomic mass is 11.0. The van der Waals surface area contributed by atoms with E-state index in [4.69, 9.17) is 0 Å². The number of rotatable bonds is 0. The molecule has 0 unspecified atom stereocenters. The van der Waals surface area contributed by atoms with Crippen LogP contribution >= 0.6 is 12.4 Å². The number of hydrogen-bond acceptors (Lipinski definition) is 0. The highest BCUT2D eigenvalue weighted by Crippen LogP contribution is 2.14. The van der Waals surface area contributed by atoms with Gasteiger partial charge in [0.25, 0.3) is 0 Å². The van der Waals surface area contributed by atoms with Gasteiger partial charge in [0.05, 0.1) is 0 Å². The average molecular weight is 96.6 g/mol. The fraction of sp³-hybridized carbons (Fsp3) is 1.00. The molecule has 1 saturated carbocycles. The summed E-state index contributed by atoms with van der Waals surface area (Å²) >= 11 is 0. The molecule has 0 aromatic carbocycles. The second-order valence-electron chi connectivity index (χ2n) is 1.06. The molecule has 0 aromatic rings. The second-order valence-corrected chi connectivity index (χ2v) is 1.06. The van der Waals surface area contributed by atoms with Gasteiger partial charge >= 0.3 is 0 Å². The first-order valence-corrected chi connectivity index (χ1v) is 1.50. The Labute approximate surface area is 38.1 Å². The fourth-order valence-corrected chi connectivity index (χ4v) is 0. The predicted octanol–water partition coefficient (Wildman–Crippen LogP) is 0.767. The first-order chi connectivity index (χ1) is 1.50. The van der Waals surface area contributed by atoms with E-state index in [1.165, 1.54) is 19.3 Å². The van der Waals surface area contributed by atoms with Crippen molar-refractivity contribution >= 4 is 12.4 Å². The van der Waals surface area contributed by atoms with Crippen molar-refractivity contribution in [2.75, 3.05) is 0 Å². The molecule has 0 aliphatic heterocycles. The minimum atomic E-state index is 0. The lowest BCUT2D eigenvalue weighted by Gasteiger charge is -1.05. The highest BCUT2D eigenvalue weighted by atomic mass is 35.5. The van der Waals surface area contributed by atoms with Gasteiger partial charge in [-0.25, -0.2) is 0 Å². The fourth-order valence-electron chi connectivity index (χ4n) is 0. The van der Waals surface area contributed by atoms with Crippen molar-refractivity contribution in [2.24, 2.45) is 0 Å². The molecule has 2 heteroatoms. The molecular weight excluding hydrogens is 87.5 g/mol. The summed E-state index contributed by atoms with van der Waals surface area (Å²) in [6.45, 7) is 0. The lowest BCUT2D eigenvalue weighted by molar-refractivity contribution is 0.824. The van der Waals surface area contributed by atoms with Crippen LogP contribution in [0.4, 0.5) is 0 Å². The van der Waals surface area contributed by atoms with Crippen LogP contribution in [0, 0.1) is 0 Å². The molecule has 5 heavy (non-hydrogen) atoms. The van der Waals surface area contributed by atoms with E-state index in [1.54, 1.807) is 0 Å². The van der Waals surface area contributed by atoms with E-state index >= 15 is 0 Å². The molecular formula is C3H9ClO. The van der Waals surface area contributed by atoms with E-state index in [9.17, 15) is 0 Å². The summed E-state index contributed by atoms with van der Waals surface area (Å²) in [4.78, 5) is 0. The zero-order chi connectivity index (χ0) is 2.12. The van der Waals surface area contributed by atoms with Crippen LogP contribution in [0.3, 0.4) is 0 Å². The molecule has 0 saturated heterocycles. The zero-order valence-corrected chi connectivity index (χ0v) is 3.85. The molecule has 0 radical (unpaired) electrons. The van der Waals surface area contributed by atoms with E-state index in [0.717, 1.165) is 0 Å². The van der Waals surface area contributed by atoms with Gasteiger partial charge in [-0.05, 0) is 0 Å². The molecule has 1 nitrogen and oxygen atoms in total. The van der Waals surface area contributed by atoms with Crippen molar-refractivity contribution in [2.45, 2.75) is 19.3 Å². The first-order valence-electron chi connectivity index (χ1n) is 1.50. The van der Waals surface area contributed by atoms with Crippen LogP contribution in [-0.2, 0) is 0 Å². The monoisotopic (exact) mass is 96.0 g/mol. The Kier molecular flexibility index (Phi) is 7.63. The van der Waals surface area contributed by atoms with Gasteiger partial charge in [0.15, 0.2) is 0 Å². The SMILES string of the molecule is C1CC1.Cl.O. The molecule has 1 rings (SSSR count). The molecule has 0 bridgehead atoms. The van der Waals surface area contributed by atoms with Crippen molar-refractivity contribution in [3.8, 4) is 0 Å². The third-order valence-electron chi connectivity index (χ3n) is 0.354. The van der Waals surface area contributed by atoms with Crippen LogP contribution in [0.25, 0.3) is 0 Å². The van der Waals surface area contributed by atoms with Gasteiger partial charge in [0.2, 0.25) is 0 Å². The maximum atomic E-state index is 1.50. The van der Waals surface area contributed by atoms with Crippen LogP contribution in [0.5, 0.6) is 0 Å². The molecule has 34 valence electrons. The van der Waals surface area contributed by atoms with Crippen molar-refractivity contribution in [1.82, 2.24) is 0 Å². The standard InChI is InChI=1S/C3H6.ClH.H2O/c1-2-3-1;;/h1-3H2;1H;1H2. The summed E-state index contributed by atoms with van der Waals surface area (Å²) in [5.41, 5.74) is 0. The summed E-state index contributed by atoms with van der Waals surface area (Å²) < 4.78 is 0. The summed E-state index contributed by atoms with van der Waals surface area (Å²) in [5, 5.41) is 0. The van der Waals surface area contributed by atoms with Crippen molar-refractivity contribution < 1.29 is 5.48 Å². The Morgan fingerprint density at radius 2 is 1.00 bits per heavy atom. The molecule has 0 spiro atoms. The summed E-state index contributed by atoms with van der Waals surface area (Å²) in [6, 6.07) is 0. The molecule has 1 aliphatic carbocycles. The Bertz CT molecular complexity index is 11.6. The third-order valence-corrected chi connectivity index (χ3v) is 0.354. The smallest absolute Gasteiger partial charge is 0.0533 e.